The van der Waals surface area contributed by atoms with Crippen molar-refractivity contribution in [3.63, 3.8) is 0 Å². The number of benzene rings is 1. The van der Waals surface area contributed by atoms with Crippen molar-refractivity contribution in [1.29, 1.82) is 0 Å². The van der Waals surface area contributed by atoms with Crippen LogP contribution in [0.2, 0.25) is 0 Å². The number of hydrogen-bond acceptors (Lipinski definition) is 3. The Labute approximate surface area is 105 Å². The first kappa shape index (κ1) is 10.6. The van der Waals surface area contributed by atoms with Crippen molar-refractivity contribution in [2.75, 3.05) is 18.6 Å². The molecule has 1 aliphatic heterocycles. The summed E-state index contributed by atoms with van der Waals surface area (Å²) in [7, 11) is 1.69. The van der Waals surface area contributed by atoms with Gasteiger partial charge in [-0.3, -0.25) is 0 Å². The van der Waals surface area contributed by atoms with Crippen molar-refractivity contribution in [2.45, 2.75) is 11.9 Å². The van der Waals surface area contributed by atoms with Crippen molar-refractivity contribution in [1.82, 2.24) is 4.98 Å². The molecule has 1 N–H and O–H groups in total. The first-order valence-corrected chi connectivity index (χ1v) is 6.07. The zero-order valence-corrected chi connectivity index (χ0v) is 10.7. The fourth-order valence-electron chi connectivity index (χ4n) is 2.37. The lowest BCUT2D eigenvalue weighted by Gasteiger charge is -2.23. The third kappa shape index (κ3) is 1.37. The minimum absolute atomic E-state index is 0.858. The highest BCUT2D eigenvalue weighted by Gasteiger charge is 2.20. The molecule has 1 aromatic carbocycles. The number of aromatic amines is 1. The summed E-state index contributed by atoms with van der Waals surface area (Å²) in [5, 5.41) is 2.08. The Balaban J connectivity index is 2.40. The zero-order chi connectivity index (χ0) is 12.0. The van der Waals surface area contributed by atoms with Gasteiger partial charge < -0.3 is 14.6 Å². The van der Waals surface area contributed by atoms with Crippen LogP contribution in [-0.2, 0) is 0 Å². The number of nitrogens with zero attached hydrogens (tertiary/aromatic N) is 1. The maximum absolute atomic E-state index is 5.38. The van der Waals surface area contributed by atoms with E-state index >= 15 is 0 Å². The molecule has 2 heterocycles. The SMILES string of the molecule is CCN1C=Cc2c(S)[nH]c3c(OC)ccc1c23. The van der Waals surface area contributed by atoms with Gasteiger partial charge in [0.25, 0.3) is 0 Å². The second-order valence-corrected chi connectivity index (χ2v) is 4.47. The zero-order valence-electron chi connectivity index (χ0n) is 9.82. The van der Waals surface area contributed by atoms with E-state index in [-0.39, 0.29) is 0 Å². The Kier molecular flexibility index (Phi) is 2.33. The Hall–Kier alpha value is -1.55. The Morgan fingerprint density at radius 2 is 2.24 bits per heavy atom. The Morgan fingerprint density at radius 3 is 2.94 bits per heavy atom. The molecule has 4 heteroatoms. The molecule has 0 spiro atoms. The number of aromatic nitrogens is 1. The molecule has 0 fully saturated rings. The number of hydrogen-bond donors (Lipinski definition) is 2. The third-order valence-corrected chi connectivity index (χ3v) is 3.56. The third-order valence-electron chi connectivity index (χ3n) is 3.20. The molecule has 1 aromatic heterocycles. The maximum atomic E-state index is 5.38. The molecule has 3 nitrogen and oxygen atoms in total. The first-order chi connectivity index (χ1) is 8.26. The molecule has 0 saturated heterocycles. The average molecular weight is 246 g/mol. The summed E-state index contributed by atoms with van der Waals surface area (Å²) in [4.78, 5) is 5.50. The number of nitrogens with one attached hydrogen (secondary N) is 1. The van der Waals surface area contributed by atoms with Crippen LogP contribution in [0.3, 0.4) is 0 Å². The molecule has 0 saturated carbocycles. The van der Waals surface area contributed by atoms with Crippen LogP contribution < -0.4 is 9.64 Å². The molecule has 17 heavy (non-hydrogen) atoms. The van der Waals surface area contributed by atoms with Crippen molar-refractivity contribution in [3.05, 3.63) is 23.9 Å². The lowest BCUT2D eigenvalue weighted by Crippen LogP contribution is -2.16. The Morgan fingerprint density at radius 1 is 1.41 bits per heavy atom. The molecular weight excluding hydrogens is 232 g/mol. The van der Waals surface area contributed by atoms with Crippen molar-refractivity contribution in [2.24, 2.45) is 0 Å². The van der Waals surface area contributed by atoms with E-state index in [4.69, 9.17) is 4.74 Å². The van der Waals surface area contributed by atoms with Crippen molar-refractivity contribution >= 4 is 35.3 Å². The largest absolute Gasteiger partial charge is 0.495 e. The smallest absolute Gasteiger partial charge is 0.143 e. The molecule has 0 unspecified atom stereocenters. The summed E-state index contributed by atoms with van der Waals surface area (Å²) >= 11 is 4.48. The quantitative estimate of drug-likeness (QED) is 0.796. The van der Waals surface area contributed by atoms with Gasteiger partial charge in [0.1, 0.15) is 5.75 Å². The summed E-state index contributed by atoms with van der Waals surface area (Å²) in [5.41, 5.74) is 3.37. The van der Waals surface area contributed by atoms with Gasteiger partial charge in [-0.25, -0.2) is 0 Å². The van der Waals surface area contributed by atoms with Crippen molar-refractivity contribution < 1.29 is 4.74 Å². The second-order valence-electron chi connectivity index (χ2n) is 4.03. The van der Waals surface area contributed by atoms with Gasteiger partial charge in [-0.05, 0) is 25.1 Å². The molecule has 0 atom stereocenters. The molecule has 0 radical (unpaired) electrons. The molecule has 1 aliphatic rings. The lowest BCUT2D eigenvalue weighted by molar-refractivity contribution is 0.419. The summed E-state index contributed by atoms with van der Waals surface area (Å²) in [6.07, 6.45) is 4.19. The minimum atomic E-state index is 0.858. The fourth-order valence-corrected chi connectivity index (χ4v) is 2.66. The number of rotatable bonds is 2. The second kappa shape index (κ2) is 3.74. The van der Waals surface area contributed by atoms with Crippen LogP contribution >= 0.6 is 12.6 Å². The number of methoxy groups -OCH3 is 1. The number of thiol groups is 1. The lowest BCUT2D eigenvalue weighted by atomic mass is 10.1. The average Bonchev–Trinajstić information content (AvgIpc) is 2.69. The molecule has 0 aliphatic carbocycles. The van der Waals surface area contributed by atoms with E-state index in [1.807, 2.05) is 6.07 Å². The van der Waals surface area contributed by atoms with Crippen LogP contribution in [0.4, 0.5) is 5.69 Å². The number of anilines is 1. The first-order valence-electron chi connectivity index (χ1n) is 5.62. The maximum Gasteiger partial charge on any atom is 0.143 e. The topological polar surface area (TPSA) is 28.3 Å². The standard InChI is InChI=1S/C13H14N2OS/c1-3-15-7-6-8-11-9(15)4-5-10(16-2)12(11)14-13(8)17/h4-7,14,17H,3H2,1-2H3. The van der Waals surface area contributed by atoms with Gasteiger partial charge in [-0.2, -0.15) is 0 Å². The van der Waals surface area contributed by atoms with Gasteiger partial charge >= 0.3 is 0 Å². The highest BCUT2D eigenvalue weighted by Crippen LogP contribution is 2.41. The van der Waals surface area contributed by atoms with Gasteiger partial charge in [-0.15, -0.1) is 12.6 Å². The van der Waals surface area contributed by atoms with Crippen LogP contribution in [0.1, 0.15) is 12.5 Å². The number of ether oxygens (including phenoxy) is 1. The molecule has 0 bridgehead atoms. The Bertz CT molecular complexity index is 615. The van der Waals surface area contributed by atoms with Crippen molar-refractivity contribution in [3.8, 4) is 5.75 Å². The monoisotopic (exact) mass is 246 g/mol. The highest BCUT2D eigenvalue weighted by molar-refractivity contribution is 7.80. The van der Waals surface area contributed by atoms with Crippen LogP contribution in [-0.4, -0.2) is 18.6 Å². The van der Waals surface area contributed by atoms with Crippen LogP contribution in [0.5, 0.6) is 5.75 Å². The van der Waals surface area contributed by atoms with Gasteiger partial charge in [0.05, 0.1) is 23.3 Å². The molecule has 3 rings (SSSR count). The van der Waals surface area contributed by atoms with Gasteiger partial charge in [0.2, 0.25) is 0 Å². The van der Waals surface area contributed by atoms with E-state index in [9.17, 15) is 0 Å². The normalized spacial score (nSPS) is 13.5. The molecule has 0 amide bonds. The van der Waals surface area contributed by atoms with Gasteiger partial charge in [-0.1, -0.05) is 0 Å². The summed E-state index contributed by atoms with van der Waals surface area (Å²) in [6, 6.07) is 4.09. The van der Waals surface area contributed by atoms with Crippen LogP contribution in [0.15, 0.2) is 23.4 Å². The van der Waals surface area contributed by atoms with E-state index in [0.29, 0.717) is 0 Å². The summed E-state index contributed by atoms with van der Waals surface area (Å²) in [5.74, 6) is 0.858. The molecular formula is C13H14N2OS. The van der Waals surface area contributed by atoms with E-state index in [2.05, 4.69) is 47.8 Å². The predicted octanol–water partition coefficient (Wildman–Crippen LogP) is 3.28. The highest BCUT2D eigenvalue weighted by atomic mass is 32.1. The van der Waals surface area contributed by atoms with E-state index < -0.39 is 0 Å². The van der Waals surface area contributed by atoms with Gasteiger partial charge in [0.15, 0.2) is 0 Å². The minimum Gasteiger partial charge on any atom is -0.495 e. The van der Waals surface area contributed by atoms with E-state index in [0.717, 1.165) is 28.4 Å². The summed E-state index contributed by atoms with van der Waals surface area (Å²) in [6.45, 7) is 3.09. The fraction of sp³-hybridized carbons (Fsp3) is 0.231. The number of H-pyrrole nitrogens is 1. The van der Waals surface area contributed by atoms with E-state index in [1.165, 1.54) is 11.1 Å². The van der Waals surface area contributed by atoms with E-state index in [1.54, 1.807) is 7.11 Å². The molecule has 2 aromatic rings. The van der Waals surface area contributed by atoms with Gasteiger partial charge in [0, 0.05) is 23.7 Å². The van der Waals surface area contributed by atoms with Crippen LogP contribution in [0, 0.1) is 0 Å². The van der Waals surface area contributed by atoms with Crippen LogP contribution in [0.25, 0.3) is 17.0 Å². The molecule has 88 valence electrons. The predicted molar refractivity (Wildman–Crippen MR) is 74.2 cm³/mol. The summed E-state index contributed by atoms with van der Waals surface area (Å²) < 4.78 is 5.38.